The number of Topliss-reactive ketones (excluding diaryl/α,β-unsaturated/α-hetero) is 4. The predicted octanol–water partition coefficient (Wildman–Crippen LogP) is 9.03. The van der Waals surface area contributed by atoms with Crippen LogP contribution in [0.2, 0.25) is 0 Å². The molecule has 4 amide bonds. The number of aliphatic hydroxyl groups excluding tert-OH is 1. The van der Waals surface area contributed by atoms with Crippen molar-refractivity contribution in [3.8, 4) is 0 Å². The lowest BCUT2D eigenvalue weighted by atomic mass is 9.61. The van der Waals surface area contributed by atoms with E-state index in [2.05, 4.69) is 22.5 Å². The summed E-state index contributed by atoms with van der Waals surface area (Å²) in [6, 6.07) is 16.3. The number of anilines is 3. The van der Waals surface area contributed by atoms with Crippen LogP contribution in [0, 0.1) is 28.5 Å². The highest BCUT2D eigenvalue weighted by Gasteiger charge is 2.51. The maximum Gasteiger partial charge on any atom is 0.410 e. The maximum atomic E-state index is 15.3. The number of amides is 4. The number of carboxylic acid groups (broad SMARTS) is 1. The highest BCUT2D eigenvalue weighted by molar-refractivity contribution is 6.10. The molecule has 2 atom stereocenters. The molecule has 0 unspecified atom stereocenters. The molecule has 3 fully saturated rings. The molecule has 1 aliphatic heterocycles. The van der Waals surface area contributed by atoms with Gasteiger partial charge in [-0.2, -0.15) is 0 Å². The summed E-state index contributed by atoms with van der Waals surface area (Å²) in [6.07, 6.45) is 9.43. The Kier molecular flexibility index (Phi) is 25.5. The van der Waals surface area contributed by atoms with Crippen LogP contribution in [-0.4, -0.2) is 119 Å². The molecule has 4 aromatic rings. The molecule has 3 aromatic carbocycles. The van der Waals surface area contributed by atoms with Gasteiger partial charge < -0.3 is 55.7 Å². The molecule has 1 aromatic heterocycles. The van der Waals surface area contributed by atoms with Crippen molar-refractivity contribution < 1.29 is 67.2 Å². The number of aliphatic hydroxyl groups is 1. The predicted molar refractivity (Wildman–Crippen MR) is 327 cm³/mol. The third-order valence-electron chi connectivity index (χ3n) is 16.8. The first-order valence-electron chi connectivity index (χ1n) is 30.3. The van der Waals surface area contributed by atoms with Gasteiger partial charge >= 0.3 is 18.2 Å². The largest absolute Gasteiger partial charge is 0.477 e. The zero-order chi connectivity index (χ0) is 63.3. The second-order valence-corrected chi connectivity index (χ2v) is 22.6. The molecular formula is C65H84FN7O14. The number of nitrogens with one attached hydrogen (secondary N) is 3. The fraction of sp³-hybridized carbons (Fsp3) is 0.508. The fourth-order valence-electron chi connectivity index (χ4n) is 11.3. The van der Waals surface area contributed by atoms with Crippen molar-refractivity contribution in [2.45, 2.75) is 143 Å². The third-order valence-corrected chi connectivity index (χ3v) is 16.8. The number of hydrogen-bond acceptors (Lipinski definition) is 15. The molecule has 2 aliphatic carbocycles. The van der Waals surface area contributed by atoms with E-state index in [0.717, 1.165) is 24.5 Å². The number of carbonyl (C=O) groups excluding carboxylic acids is 8. The molecule has 21 nitrogen and oxygen atoms in total. The van der Waals surface area contributed by atoms with Gasteiger partial charge in [-0.25, -0.2) is 18.8 Å². The minimum Gasteiger partial charge on any atom is -0.477 e. The van der Waals surface area contributed by atoms with Gasteiger partial charge in [-0.15, -0.1) is 0 Å². The Morgan fingerprint density at radius 1 is 0.736 bits per heavy atom. The van der Waals surface area contributed by atoms with Crippen LogP contribution in [0.1, 0.15) is 145 Å². The molecule has 7 rings (SSSR count). The Balaban J connectivity index is 0.000000307. The lowest BCUT2D eigenvalue weighted by Gasteiger charge is -2.39. The zero-order valence-corrected chi connectivity index (χ0v) is 50.3. The molecule has 1 saturated heterocycles. The molecule has 0 bridgehead atoms. The lowest BCUT2D eigenvalue weighted by molar-refractivity contribution is -0.149. The Hall–Kier alpha value is -8.11. The van der Waals surface area contributed by atoms with Gasteiger partial charge in [-0.3, -0.25) is 33.6 Å². The number of hydrogen-bond donors (Lipinski definition) is 6. The minimum atomic E-state index is -1.37. The van der Waals surface area contributed by atoms with Crippen molar-refractivity contribution in [3.63, 3.8) is 0 Å². The number of ketones is 4. The number of halogens is 1. The number of nitrogens with zero attached hydrogens (tertiary/aromatic N) is 3. The highest BCUT2D eigenvalue weighted by atomic mass is 19.1. The number of aryl methyl sites for hydroxylation is 1. The van der Waals surface area contributed by atoms with Gasteiger partial charge in [0, 0.05) is 99.7 Å². The van der Waals surface area contributed by atoms with Crippen LogP contribution >= 0.6 is 0 Å². The van der Waals surface area contributed by atoms with E-state index in [9.17, 15) is 58.2 Å². The van der Waals surface area contributed by atoms with Crippen LogP contribution in [0.3, 0.4) is 0 Å². The molecular weight excluding hydrogens is 1120 g/mol. The summed E-state index contributed by atoms with van der Waals surface area (Å²) < 4.78 is 27.3. The van der Waals surface area contributed by atoms with Gasteiger partial charge in [-0.05, 0) is 125 Å². The Morgan fingerprint density at radius 3 is 1.72 bits per heavy atom. The Bertz CT molecular complexity index is 3170. The van der Waals surface area contributed by atoms with Crippen LogP contribution < -0.4 is 32.0 Å². The van der Waals surface area contributed by atoms with Crippen molar-refractivity contribution in [2.24, 2.45) is 28.4 Å². The van der Waals surface area contributed by atoms with Crippen LogP contribution in [-0.2, 0) is 58.0 Å². The molecule has 7 N–H and O–H groups in total. The van der Waals surface area contributed by atoms with Gasteiger partial charge in [0.15, 0.2) is 0 Å². The number of pyridine rings is 1. The van der Waals surface area contributed by atoms with Crippen LogP contribution in [0.4, 0.5) is 31.0 Å². The maximum absolute atomic E-state index is 15.3. The van der Waals surface area contributed by atoms with E-state index in [4.69, 9.17) is 15.2 Å². The van der Waals surface area contributed by atoms with E-state index >= 15 is 4.39 Å². The number of alkyl carbamates (subject to hydrolysis) is 1. The van der Waals surface area contributed by atoms with E-state index < -0.39 is 57.6 Å². The van der Waals surface area contributed by atoms with Crippen LogP contribution in [0.15, 0.2) is 84.3 Å². The molecule has 22 heteroatoms. The summed E-state index contributed by atoms with van der Waals surface area (Å²) in [6.45, 7) is 11.3. The summed E-state index contributed by atoms with van der Waals surface area (Å²) in [7, 11) is 0. The van der Waals surface area contributed by atoms with Gasteiger partial charge in [0.25, 0.3) is 0 Å². The van der Waals surface area contributed by atoms with Crippen LogP contribution in [0.25, 0.3) is 10.9 Å². The molecule has 470 valence electrons. The topological polar surface area (TPSA) is 303 Å². The number of fused-ring (bicyclic) bond motifs is 1. The number of benzene rings is 3. The fourth-order valence-corrected chi connectivity index (χ4v) is 11.3. The Morgan fingerprint density at radius 2 is 1.26 bits per heavy atom. The van der Waals surface area contributed by atoms with E-state index in [1.165, 1.54) is 17.2 Å². The number of ether oxygens (including phenoxy) is 2. The van der Waals surface area contributed by atoms with Gasteiger partial charge in [-0.1, -0.05) is 63.6 Å². The molecule has 0 spiro atoms. The monoisotopic (exact) mass is 1210 g/mol. The van der Waals surface area contributed by atoms with Gasteiger partial charge in [0.05, 0.1) is 28.6 Å². The number of rotatable bonds is 31. The lowest BCUT2D eigenvalue weighted by Crippen LogP contribution is -2.49. The second-order valence-electron chi connectivity index (χ2n) is 22.6. The second kappa shape index (κ2) is 32.6. The quantitative estimate of drug-likeness (QED) is 0.0155. The number of piperazine rings is 1. The first-order valence-corrected chi connectivity index (χ1v) is 30.3. The van der Waals surface area contributed by atoms with E-state index in [1.807, 2.05) is 13.8 Å². The van der Waals surface area contributed by atoms with Crippen molar-refractivity contribution in [3.05, 3.63) is 112 Å². The molecule has 2 saturated carbocycles. The Labute approximate surface area is 506 Å². The molecule has 0 radical (unpaired) electrons. The number of carbonyl (C=O) groups is 9. The van der Waals surface area contributed by atoms with Crippen molar-refractivity contribution in [1.29, 1.82) is 0 Å². The molecule has 87 heavy (non-hydrogen) atoms. The summed E-state index contributed by atoms with van der Waals surface area (Å²) in [5.41, 5.74) is 5.83. The SMILES string of the molecule is C=CCOC(=O)NCCC[C@H](CC(=O)C1(C(=O)CCC)CCC1)C(=O)Nc1ccc(CO)cc1.CCCC(=O)C1(C(=O)C[C@@H](CCCN)C(=O)Nc2ccc(COC(=O)N3CCN(c4cc5c(cc4F)c(=O)c(C(=O)O)cn5CC)CC3)cc2)CCC1. The highest BCUT2D eigenvalue weighted by Crippen LogP contribution is 2.46. The summed E-state index contributed by atoms with van der Waals surface area (Å²) in [4.78, 5) is 131. The number of nitrogens with two attached hydrogens (primary N) is 1. The normalized spacial score (nSPS) is 15.4. The molecule has 2 heterocycles. The smallest absolute Gasteiger partial charge is 0.410 e. The number of aromatic nitrogens is 1. The summed E-state index contributed by atoms with van der Waals surface area (Å²) in [5, 5.41) is 26.9. The standard InChI is InChI=1S/C39H48FN5O8.C26H36N2O6/c1-3-7-33(46)39(13-6-14-39)34(47)20-26(8-5-15-41)36(49)42-27-11-9-25(10-12-27)24-53-38(52)45-18-16-44(17-19-45)32-22-31-28(21-30(32)40)35(48)29(37(50)51)23-43(31)4-2;1-3-7-22(30)26(13-6-14-26)23(31)17-20(8-5-15-27-25(33)34-16-4-2)24(32)28-21-11-9-19(18-29)10-12-21/h9-12,21-23,26H,3-8,13-20,24,41H2,1-2H3,(H,42,49)(H,50,51);4,9-12,20,29H,2-3,5-8,13-18H2,1H3,(H,27,33)(H,28,32)/t26-;20-/m11/s1. The van der Waals surface area contributed by atoms with Crippen molar-refractivity contribution in [2.75, 3.05) is 61.4 Å². The van der Waals surface area contributed by atoms with Crippen molar-refractivity contribution >= 4 is 81.1 Å². The minimum absolute atomic E-state index is 0.00271. The average Bonchev–Trinajstić information content (AvgIpc) is 3.49. The van der Waals surface area contributed by atoms with E-state index in [-0.39, 0.29) is 91.8 Å². The third kappa shape index (κ3) is 17.5. The number of aromatic carboxylic acids is 1. The first-order chi connectivity index (χ1) is 41.8. The van der Waals surface area contributed by atoms with Gasteiger partial charge in [0.1, 0.15) is 47.7 Å². The zero-order valence-electron chi connectivity index (χ0n) is 50.3. The summed E-state index contributed by atoms with van der Waals surface area (Å²) in [5.74, 6) is -4.24. The average molecular weight is 1210 g/mol. The van der Waals surface area contributed by atoms with Crippen LogP contribution in [0.5, 0.6) is 0 Å². The van der Waals surface area contributed by atoms with Crippen molar-refractivity contribution in [1.82, 2.24) is 14.8 Å². The summed E-state index contributed by atoms with van der Waals surface area (Å²) >= 11 is 0. The van der Waals surface area contributed by atoms with Gasteiger partial charge in [0.2, 0.25) is 17.2 Å². The molecule has 3 aliphatic rings. The van der Waals surface area contributed by atoms with E-state index in [1.54, 1.807) is 71.0 Å². The van der Waals surface area contributed by atoms with E-state index in [0.29, 0.717) is 132 Å². The number of carboxylic acids is 1. The first kappa shape index (κ1) is 68.0.